The quantitative estimate of drug-likeness (QED) is 0.640. The van der Waals surface area contributed by atoms with Crippen molar-refractivity contribution < 1.29 is 0 Å². The molecular formula is C10H13N5OS2. The van der Waals surface area contributed by atoms with Gasteiger partial charge in [0.2, 0.25) is 0 Å². The number of nitrogens with zero attached hydrogens (tertiary/aromatic N) is 3. The number of nitrogen functional groups attached to an aromatic ring is 2. The van der Waals surface area contributed by atoms with Gasteiger partial charge in [0.15, 0.2) is 5.16 Å². The molecule has 96 valence electrons. The van der Waals surface area contributed by atoms with Crippen molar-refractivity contribution in [2.24, 2.45) is 0 Å². The van der Waals surface area contributed by atoms with Crippen LogP contribution in [-0.4, -0.2) is 20.3 Å². The summed E-state index contributed by atoms with van der Waals surface area (Å²) in [4.78, 5) is 19.7. The maximum Gasteiger partial charge on any atom is 0.307 e. The van der Waals surface area contributed by atoms with E-state index >= 15 is 0 Å². The second-order valence-electron chi connectivity index (χ2n) is 3.64. The van der Waals surface area contributed by atoms with Crippen molar-refractivity contribution in [2.75, 3.05) is 17.2 Å². The molecule has 0 bridgehead atoms. The van der Waals surface area contributed by atoms with Crippen LogP contribution in [0, 0.1) is 6.92 Å². The van der Waals surface area contributed by atoms with E-state index in [0.29, 0.717) is 29.1 Å². The van der Waals surface area contributed by atoms with E-state index in [1.54, 1.807) is 4.57 Å². The minimum atomic E-state index is 0.0566. The van der Waals surface area contributed by atoms with Crippen LogP contribution in [0.25, 0.3) is 0 Å². The molecule has 0 amide bonds. The Kier molecular flexibility index (Phi) is 3.87. The third kappa shape index (κ3) is 3.02. The van der Waals surface area contributed by atoms with Gasteiger partial charge in [-0.2, -0.15) is 0 Å². The Morgan fingerprint density at radius 1 is 1.39 bits per heavy atom. The fraction of sp³-hybridized carbons (Fsp3) is 0.300. The van der Waals surface area contributed by atoms with E-state index in [4.69, 9.17) is 11.5 Å². The number of thiazole rings is 1. The molecule has 0 spiro atoms. The van der Waals surface area contributed by atoms with Gasteiger partial charge in [-0.1, -0.05) is 23.1 Å². The number of anilines is 2. The summed E-state index contributed by atoms with van der Waals surface area (Å²) in [6, 6.07) is 1.51. The lowest BCUT2D eigenvalue weighted by Crippen LogP contribution is -2.16. The van der Waals surface area contributed by atoms with Gasteiger partial charge in [0, 0.05) is 29.4 Å². The molecule has 8 heteroatoms. The Bertz CT molecular complexity index is 586. The van der Waals surface area contributed by atoms with Crippen molar-refractivity contribution in [3.63, 3.8) is 0 Å². The molecule has 0 aromatic carbocycles. The van der Waals surface area contributed by atoms with E-state index in [0.717, 1.165) is 5.69 Å². The Labute approximate surface area is 112 Å². The molecule has 0 unspecified atom stereocenters. The number of aromatic nitrogens is 3. The van der Waals surface area contributed by atoms with Crippen LogP contribution < -0.4 is 16.3 Å². The molecule has 2 aromatic heterocycles. The van der Waals surface area contributed by atoms with Crippen LogP contribution in [0.3, 0.4) is 0 Å². The van der Waals surface area contributed by atoms with Gasteiger partial charge >= 0.3 is 4.87 Å². The molecular weight excluding hydrogens is 270 g/mol. The van der Waals surface area contributed by atoms with Crippen molar-refractivity contribution in [3.8, 4) is 0 Å². The van der Waals surface area contributed by atoms with E-state index in [-0.39, 0.29) is 4.87 Å². The molecule has 0 aliphatic rings. The predicted molar refractivity (Wildman–Crippen MR) is 74.9 cm³/mol. The van der Waals surface area contributed by atoms with Crippen molar-refractivity contribution in [2.45, 2.75) is 18.6 Å². The summed E-state index contributed by atoms with van der Waals surface area (Å²) in [5.74, 6) is 1.41. The number of nitrogens with two attached hydrogens (primary N) is 2. The highest BCUT2D eigenvalue weighted by Gasteiger charge is 2.05. The van der Waals surface area contributed by atoms with Gasteiger partial charge in [0.05, 0.1) is 0 Å². The standard InChI is InChI=1S/C10H13N5OS2/c1-6-5-18-10(16)15(6)2-3-17-9-13-7(11)4-8(12)14-9/h4-5H,2-3H2,1H3,(H4,11,12,13,14). The molecule has 2 aromatic rings. The molecule has 18 heavy (non-hydrogen) atoms. The largest absolute Gasteiger partial charge is 0.383 e. The van der Waals surface area contributed by atoms with Gasteiger partial charge in [0.1, 0.15) is 11.6 Å². The second kappa shape index (κ2) is 5.40. The summed E-state index contributed by atoms with van der Waals surface area (Å²) < 4.78 is 1.73. The first kappa shape index (κ1) is 12.9. The fourth-order valence-corrected chi connectivity index (χ4v) is 2.99. The number of aryl methyl sites for hydroxylation is 1. The molecule has 6 nitrogen and oxygen atoms in total. The SMILES string of the molecule is Cc1csc(=O)n1CCSc1nc(N)cc(N)n1. The average Bonchev–Trinajstić information content (AvgIpc) is 2.59. The number of hydrogen-bond donors (Lipinski definition) is 2. The van der Waals surface area contributed by atoms with E-state index in [9.17, 15) is 4.79 Å². The molecule has 2 rings (SSSR count). The summed E-state index contributed by atoms with van der Waals surface area (Å²) in [5.41, 5.74) is 12.1. The molecule has 0 fully saturated rings. The van der Waals surface area contributed by atoms with Crippen molar-refractivity contribution in [3.05, 3.63) is 26.8 Å². The zero-order valence-corrected chi connectivity index (χ0v) is 11.4. The summed E-state index contributed by atoms with van der Waals surface area (Å²) in [6.07, 6.45) is 0. The number of rotatable bonds is 4. The Hall–Kier alpha value is -1.54. The first-order chi connectivity index (χ1) is 8.56. The van der Waals surface area contributed by atoms with Crippen LogP contribution in [0.1, 0.15) is 5.69 Å². The molecule has 0 saturated carbocycles. The third-order valence-electron chi connectivity index (χ3n) is 2.27. The summed E-state index contributed by atoms with van der Waals surface area (Å²) in [5, 5.41) is 2.38. The second-order valence-corrected chi connectivity index (χ2v) is 5.53. The lowest BCUT2D eigenvalue weighted by atomic mass is 10.5. The summed E-state index contributed by atoms with van der Waals surface area (Å²) >= 11 is 2.64. The van der Waals surface area contributed by atoms with Gasteiger partial charge in [-0.05, 0) is 6.92 Å². The molecule has 0 saturated heterocycles. The van der Waals surface area contributed by atoms with E-state index in [2.05, 4.69) is 9.97 Å². The number of hydrogen-bond acceptors (Lipinski definition) is 7. The van der Waals surface area contributed by atoms with Crippen LogP contribution in [0.4, 0.5) is 11.6 Å². The molecule has 2 heterocycles. The van der Waals surface area contributed by atoms with E-state index in [1.807, 2.05) is 12.3 Å². The van der Waals surface area contributed by atoms with Crippen LogP contribution >= 0.6 is 23.1 Å². The molecule has 0 radical (unpaired) electrons. The maximum absolute atomic E-state index is 11.5. The normalized spacial score (nSPS) is 10.7. The average molecular weight is 283 g/mol. The lowest BCUT2D eigenvalue weighted by Gasteiger charge is -2.04. The van der Waals surface area contributed by atoms with Gasteiger partial charge < -0.3 is 16.0 Å². The zero-order valence-electron chi connectivity index (χ0n) is 9.79. The maximum atomic E-state index is 11.5. The Morgan fingerprint density at radius 3 is 2.61 bits per heavy atom. The molecule has 0 aliphatic carbocycles. The van der Waals surface area contributed by atoms with Crippen LogP contribution in [-0.2, 0) is 6.54 Å². The lowest BCUT2D eigenvalue weighted by molar-refractivity contribution is 0.730. The molecule has 0 aliphatic heterocycles. The van der Waals surface area contributed by atoms with Crippen LogP contribution in [0.5, 0.6) is 0 Å². The van der Waals surface area contributed by atoms with E-state index in [1.165, 1.54) is 29.2 Å². The van der Waals surface area contributed by atoms with E-state index < -0.39 is 0 Å². The zero-order chi connectivity index (χ0) is 13.1. The Morgan fingerprint density at radius 2 is 2.06 bits per heavy atom. The first-order valence-corrected chi connectivity index (χ1v) is 7.10. The highest BCUT2D eigenvalue weighted by Crippen LogP contribution is 2.16. The summed E-state index contributed by atoms with van der Waals surface area (Å²) in [6.45, 7) is 2.54. The van der Waals surface area contributed by atoms with Crippen molar-refractivity contribution in [1.29, 1.82) is 0 Å². The minimum absolute atomic E-state index is 0.0566. The van der Waals surface area contributed by atoms with Gasteiger partial charge in [0.25, 0.3) is 0 Å². The van der Waals surface area contributed by atoms with Gasteiger partial charge in [-0.15, -0.1) is 0 Å². The topological polar surface area (TPSA) is 99.8 Å². The fourth-order valence-electron chi connectivity index (χ4n) is 1.43. The highest BCUT2D eigenvalue weighted by atomic mass is 32.2. The van der Waals surface area contributed by atoms with Crippen LogP contribution in [0.2, 0.25) is 0 Å². The van der Waals surface area contributed by atoms with Crippen molar-refractivity contribution in [1.82, 2.24) is 14.5 Å². The smallest absolute Gasteiger partial charge is 0.307 e. The predicted octanol–water partition coefficient (Wildman–Crippen LogP) is 0.965. The Balaban J connectivity index is 1.98. The molecule has 0 atom stereocenters. The first-order valence-electron chi connectivity index (χ1n) is 5.24. The summed E-state index contributed by atoms with van der Waals surface area (Å²) in [7, 11) is 0. The van der Waals surface area contributed by atoms with Gasteiger partial charge in [-0.25, -0.2) is 9.97 Å². The third-order valence-corrected chi connectivity index (χ3v) is 3.98. The van der Waals surface area contributed by atoms with Crippen molar-refractivity contribution >= 4 is 34.7 Å². The monoisotopic (exact) mass is 283 g/mol. The highest BCUT2D eigenvalue weighted by molar-refractivity contribution is 7.99. The molecule has 4 N–H and O–H groups in total. The minimum Gasteiger partial charge on any atom is -0.383 e. The van der Waals surface area contributed by atoms with Crippen LogP contribution in [0.15, 0.2) is 21.4 Å². The van der Waals surface area contributed by atoms with Gasteiger partial charge in [-0.3, -0.25) is 4.79 Å². The number of thioether (sulfide) groups is 1.